The number of benzene rings is 2. The Morgan fingerprint density at radius 3 is 2.62 bits per heavy atom. The Labute approximate surface area is 207 Å². The van der Waals surface area contributed by atoms with Crippen LogP contribution in [0.2, 0.25) is 0 Å². The molecule has 2 aromatic carbocycles. The maximum Gasteiger partial charge on any atom is 0.191 e. The van der Waals surface area contributed by atoms with Crippen LogP contribution in [0.5, 0.6) is 5.75 Å². The molecule has 0 saturated carbocycles. The Morgan fingerprint density at radius 2 is 1.88 bits per heavy atom. The van der Waals surface area contributed by atoms with Crippen molar-refractivity contribution in [3.05, 3.63) is 65.0 Å². The van der Waals surface area contributed by atoms with Gasteiger partial charge in [-0.15, -0.1) is 24.0 Å². The van der Waals surface area contributed by atoms with Crippen LogP contribution in [0, 0.1) is 5.82 Å². The number of rotatable bonds is 7. The zero-order valence-electron chi connectivity index (χ0n) is 18.8. The van der Waals surface area contributed by atoms with E-state index in [1.165, 1.54) is 16.7 Å². The van der Waals surface area contributed by atoms with Crippen LogP contribution in [0.15, 0.2) is 47.5 Å². The molecule has 2 N–H and O–H groups in total. The number of piperidine rings is 1. The summed E-state index contributed by atoms with van der Waals surface area (Å²) in [6.07, 6.45) is 4.10. The minimum atomic E-state index is -0.174. The van der Waals surface area contributed by atoms with E-state index in [4.69, 9.17) is 9.73 Å². The third kappa shape index (κ3) is 7.07. The highest BCUT2D eigenvalue weighted by molar-refractivity contribution is 14.0. The molecule has 5 nitrogen and oxygen atoms in total. The second-order valence-electron chi connectivity index (χ2n) is 8.37. The summed E-state index contributed by atoms with van der Waals surface area (Å²) >= 11 is 0. The number of ether oxygens (including phenoxy) is 1. The topological polar surface area (TPSA) is 48.9 Å². The summed E-state index contributed by atoms with van der Waals surface area (Å²) < 4.78 is 18.7. The van der Waals surface area contributed by atoms with Crippen molar-refractivity contribution in [2.24, 2.45) is 4.99 Å². The van der Waals surface area contributed by atoms with Crippen molar-refractivity contribution in [1.29, 1.82) is 0 Å². The van der Waals surface area contributed by atoms with Crippen molar-refractivity contribution in [3.63, 3.8) is 0 Å². The molecule has 0 radical (unpaired) electrons. The molecule has 1 fully saturated rings. The average molecular weight is 552 g/mol. The van der Waals surface area contributed by atoms with Gasteiger partial charge in [0.1, 0.15) is 11.6 Å². The number of halogens is 2. The Hall–Kier alpha value is -1.87. The zero-order chi connectivity index (χ0) is 21.5. The van der Waals surface area contributed by atoms with Gasteiger partial charge in [0.25, 0.3) is 0 Å². The van der Waals surface area contributed by atoms with Gasteiger partial charge in [0.05, 0.1) is 6.61 Å². The highest BCUT2D eigenvalue weighted by Gasteiger charge is 2.20. The van der Waals surface area contributed by atoms with Gasteiger partial charge in [-0.3, -0.25) is 9.89 Å². The van der Waals surface area contributed by atoms with Crippen LogP contribution < -0.4 is 15.4 Å². The number of guanidine groups is 1. The van der Waals surface area contributed by atoms with Gasteiger partial charge in [-0.1, -0.05) is 24.3 Å². The quantitative estimate of drug-likeness (QED) is 0.308. The molecule has 0 atom stereocenters. The molecular weight excluding hydrogens is 518 g/mol. The van der Waals surface area contributed by atoms with Crippen molar-refractivity contribution in [1.82, 2.24) is 15.5 Å². The number of hydrogen-bond acceptors (Lipinski definition) is 3. The maximum atomic E-state index is 13.1. The van der Waals surface area contributed by atoms with Crippen LogP contribution in [0.3, 0.4) is 0 Å². The van der Waals surface area contributed by atoms with Crippen molar-refractivity contribution < 1.29 is 9.13 Å². The molecule has 0 bridgehead atoms. The number of hydrogen-bond donors (Lipinski definition) is 2. The first-order valence-corrected chi connectivity index (χ1v) is 11.5. The maximum absolute atomic E-state index is 13.1. The smallest absolute Gasteiger partial charge is 0.191 e. The molecule has 1 saturated heterocycles. The molecule has 0 amide bonds. The first kappa shape index (κ1) is 24.8. The van der Waals surface area contributed by atoms with Crippen molar-refractivity contribution in [3.8, 4) is 5.75 Å². The fourth-order valence-corrected chi connectivity index (χ4v) is 4.29. The van der Waals surface area contributed by atoms with Crippen molar-refractivity contribution in [2.45, 2.75) is 45.2 Å². The number of nitrogens with zero attached hydrogens (tertiary/aromatic N) is 2. The molecule has 0 aliphatic carbocycles. The molecule has 2 aliphatic heterocycles. The fourth-order valence-electron chi connectivity index (χ4n) is 4.29. The SMILES string of the molecule is CCNC(=NCCc1ccc2c(c1)CCO2)NC1CCN(Cc2ccc(F)cc2)CC1.I. The second-order valence-corrected chi connectivity index (χ2v) is 8.37. The normalized spacial score (nSPS) is 16.8. The summed E-state index contributed by atoms with van der Waals surface area (Å²) in [6.45, 7) is 7.46. The van der Waals surface area contributed by atoms with Crippen LogP contribution in [0.1, 0.15) is 36.5 Å². The highest BCUT2D eigenvalue weighted by atomic mass is 127. The molecular formula is C25H34FIN4O. The molecule has 32 heavy (non-hydrogen) atoms. The lowest BCUT2D eigenvalue weighted by Crippen LogP contribution is -2.48. The second kappa shape index (κ2) is 12.4. The third-order valence-corrected chi connectivity index (χ3v) is 6.02. The number of aliphatic imine (C=N–C) groups is 1. The molecule has 2 aromatic rings. The summed E-state index contributed by atoms with van der Waals surface area (Å²) in [5.41, 5.74) is 3.80. The van der Waals surface area contributed by atoms with E-state index in [9.17, 15) is 4.39 Å². The summed E-state index contributed by atoms with van der Waals surface area (Å²) in [4.78, 5) is 7.24. The lowest BCUT2D eigenvalue weighted by Gasteiger charge is -2.33. The van der Waals surface area contributed by atoms with Crippen LogP contribution in [-0.2, 0) is 19.4 Å². The van der Waals surface area contributed by atoms with Crippen LogP contribution >= 0.6 is 24.0 Å². The van der Waals surface area contributed by atoms with Crippen molar-refractivity contribution in [2.75, 3.05) is 32.8 Å². The number of nitrogens with one attached hydrogen (secondary N) is 2. The van der Waals surface area contributed by atoms with Gasteiger partial charge in [-0.25, -0.2) is 4.39 Å². The van der Waals surface area contributed by atoms with Crippen LogP contribution in [0.25, 0.3) is 0 Å². The first-order chi connectivity index (χ1) is 15.2. The van der Waals surface area contributed by atoms with Gasteiger partial charge in [0.15, 0.2) is 5.96 Å². The molecule has 4 rings (SSSR count). The predicted molar refractivity (Wildman–Crippen MR) is 139 cm³/mol. The standard InChI is InChI=1S/C25H33FN4O.HI/c1-2-27-25(28-13-9-19-5-8-24-21(17-19)12-16-31-24)29-23-10-14-30(15-11-23)18-20-3-6-22(26)7-4-20;/h3-8,17,23H,2,9-16,18H2,1H3,(H2,27,28,29);1H. The van der Waals surface area contributed by atoms with E-state index in [-0.39, 0.29) is 29.8 Å². The van der Waals surface area contributed by atoms with Gasteiger partial charge in [0.2, 0.25) is 0 Å². The molecule has 2 aliphatic rings. The van der Waals surface area contributed by atoms with E-state index in [0.717, 1.165) is 76.7 Å². The fraction of sp³-hybridized carbons (Fsp3) is 0.480. The summed E-state index contributed by atoms with van der Waals surface area (Å²) in [6, 6.07) is 13.8. The van der Waals surface area contributed by atoms with Gasteiger partial charge in [-0.05, 0) is 61.1 Å². The molecule has 0 aromatic heterocycles. The first-order valence-electron chi connectivity index (χ1n) is 11.5. The lowest BCUT2D eigenvalue weighted by atomic mass is 10.0. The van der Waals surface area contributed by atoms with E-state index < -0.39 is 0 Å². The van der Waals surface area contributed by atoms with E-state index in [1.807, 2.05) is 12.1 Å². The van der Waals surface area contributed by atoms with Crippen molar-refractivity contribution >= 4 is 29.9 Å². The van der Waals surface area contributed by atoms with Gasteiger partial charge in [0, 0.05) is 45.2 Å². The Bertz CT molecular complexity index is 882. The average Bonchev–Trinajstić information content (AvgIpc) is 3.25. The highest BCUT2D eigenvalue weighted by Crippen LogP contribution is 2.26. The van der Waals surface area contributed by atoms with E-state index >= 15 is 0 Å². The van der Waals surface area contributed by atoms with Gasteiger partial charge in [-0.2, -0.15) is 0 Å². The lowest BCUT2D eigenvalue weighted by molar-refractivity contribution is 0.198. The van der Waals surface area contributed by atoms with E-state index in [2.05, 4.69) is 40.7 Å². The largest absolute Gasteiger partial charge is 0.493 e. The minimum absolute atomic E-state index is 0. The third-order valence-electron chi connectivity index (χ3n) is 6.02. The molecule has 174 valence electrons. The Morgan fingerprint density at radius 1 is 1.12 bits per heavy atom. The molecule has 0 spiro atoms. The predicted octanol–water partition coefficient (Wildman–Crippen LogP) is 4.14. The van der Waals surface area contributed by atoms with Gasteiger partial charge < -0.3 is 15.4 Å². The Kier molecular flexibility index (Phi) is 9.59. The van der Waals surface area contributed by atoms with Crippen LogP contribution in [-0.4, -0.2) is 49.7 Å². The Balaban J connectivity index is 0.00000289. The number of likely N-dealkylation sites (tertiary alicyclic amines) is 1. The monoisotopic (exact) mass is 552 g/mol. The summed E-state index contributed by atoms with van der Waals surface area (Å²) in [5, 5.41) is 7.00. The molecule has 0 unspecified atom stereocenters. The summed E-state index contributed by atoms with van der Waals surface area (Å²) in [5.74, 6) is 1.77. The summed E-state index contributed by atoms with van der Waals surface area (Å²) in [7, 11) is 0. The van der Waals surface area contributed by atoms with E-state index in [0.29, 0.717) is 6.04 Å². The van der Waals surface area contributed by atoms with Crippen LogP contribution in [0.4, 0.5) is 4.39 Å². The molecule has 2 heterocycles. The minimum Gasteiger partial charge on any atom is -0.493 e. The zero-order valence-corrected chi connectivity index (χ0v) is 21.1. The van der Waals surface area contributed by atoms with E-state index in [1.54, 1.807) is 12.1 Å². The number of fused-ring (bicyclic) bond motifs is 1. The van der Waals surface area contributed by atoms with Gasteiger partial charge >= 0.3 is 0 Å². The molecule has 7 heteroatoms.